The molecule has 1 aromatic carbocycles. The molecular weight excluding hydrogens is 319 g/mol. The predicted octanol–water partition coefficient (Wildman–Crippen LogP) is 0.648. The van der Waals surface area contributed by atoms with E-state index in [4.69, 9.17) is 11.6 Å². The summed E-state index contributed by atoms with van der Waals surface area (Å²) >= 11 is 5.75. The first-order valence-electron chi connectivity index (χ1n) is 6.34. The Labute approximate surface area is 128 Å². The first-order chi connectivity index (χ1) is 9.90. The maximum atomic E-state index is 12.9. The van der Waals surface area contributed by atoms with E-state index in [2.05, 4.69) is 15.0 Å². The molecule has 1 aromatic rings. The van der Waals surface area contributed by atoms with Crippen LogP contribution in [0.3, 0.4) is 0 Å². The number of nitrogens with one attached hydrogen (secondary N) is 2. The van der Waals surface area contributed by atoms with Crippen molar-refractivity contribution in [2.45, 2.75) is 4.90 Å². The van der Waals surface area contributed by atoms with Gasteiger partial charge in [0.05, 0.1) is 11.6 Å². The van der Waals surface area contributed by atoms with Gasteiger partial charge in [-0.15, -0.1) is 0 Å². The number of nitrogens with zero attached hydrogens (tertiary/aromatic N) is 2. The largest absolute Gasteiger partial charge is 0.355 e. The first kappa shape index (κ1) is 16.0. The van der Waals surface area contributed by atoms with E-state index >= 15 is 0 Å². The van der Waals surface area contributed by atoms with E-state index in [1.165, 1.54) is 0 Å². The molecule has 0 fully saturated rings. The van der Waals surface area contributed by atoms with Crippen molar-refractivity contribution in [1.82, 2.24) is 14.9 Å². The van der Waals surface area contributed by atoms with Gasteiger partial charge in [-0.3, -0.25) is 4.99 Å². The summed E-state index contributed by atoms with van der Waals surface area (Å²) in [4.78, 5) is 6.04. The maximum absolute atomic E-state index is 12.9. The SMILES string of the molecule is CN1CCN=C1NCCNS(=O)(=O)c1ccc(F)cc1Cl. The van der Waals surface area contributed by atoms with Crippen LogP contribution in [-0.4, -0.2) is 52.5 Å². The van der Waals surface area contributed by atoms with Crippen molar-refractivity contribution >= 4 is 27.6 Å². The summed E-state index contributed by atoms with van der Waals surface area (Å²) in [6.45, 7) is 2.14. The molecule has 0 saturated heterocycles. The van der Waals surface area contributed by atoms with Crippen LogP contribution >= 0.6 is 11.6 Å². The lowest BCUT2D eigenvalue weighted by atomic mass is 10.3. The highest BCUT2D eigenvalue weighted by molar-refractivity contribution is 7.89. The number of rotatable bonds is 5. The normalized spacial score (nSPS) is 15.2. The third-order valence-corrected chi connectivity index (χ3v) is 4.89. The molecule has 0 spiro atoms. The molecule has 0 bridgehead atoms. The molecule has 2 rings (SSSR count). The van der Waals surface area contributed by atoms with Crippen molar-refractivity contribution in [2.75, 3.05) is 33.2 Å². The topological polar surface area (TPSA) is 73.8 Å². The molecule has 0 radical (unpaired) electrons. The molecule has 2 N–H and O–H groups in total. The van der Waals surface area contributed by atoms with Gasteiger partial charge in [0.2, 0.25) is 10.0 Å². The molecule has 0 unspecified atom stereocenters. The highest BCUT2D eigenvalue weighted by Gasteiger charge is 2.18. The Morgan fingerprint density at radius 1 is 1.43 bits per heavy atom. The molecule has 6 nitrogen and oxygen atoms in total. The minimum atomic E-state index is -3.76. The Hall–Kier alpha value is -1.38. The lowest BCUT2D eigenvalue weighted by Crippen LogP contribution is -2.40. The highest BCUT2D eigenvalue weighted by Crippen LogP contribution is 2.21. The molecule has 116 valence electrons. The molecule has 0 amide bonds. The molecule has 21 heavy (non-hydrogen) atoms. The van der Waals surface area contributed by atoms with E-state index in [9.17, 15) is 12.8 Å². The standard InChI is InChI=1S/C12H16ClFN4O2S/c1-18-7-6-16-12(18)15-4-5-17-21(19,20)11-3-2-9(14)8-10(11)13/h2-3,8,17H,4-7H2,1H3,(H,15,16). The van der Waals surface area contributed by atoms with E-state index in [-0.39, 0.29) is 16.5 Å². The fraction of sp³-hybridized carbons (Fsp3) is 0.417. The molecule has 1 heterocycles. The lowest BCUT2D eigenvalue weighted by Gasteiger charge is -2.15. The van der Waals surface area contributed by atoms with Crippen LogP contribution in [0.25, 0.3) is 0 Å². The number of likely N-dealkylation sites (N-methyl/N-ethyl adjacent to an activating group) is 1. The molecule has 9 heteroatoms. The minimum absolute atomic E-state index is 0.138. The predicted molar refractivity (Wildman–Crippen MR) is 79.5 cm³/mol. The van der Waals surface area contributed by atoms with Gasteiger partial charge in [0.15, 0.2) is 5.96 Å². The Morgan fingerprint density at radius 3 is 2.81 bits per heavy atom. The number of sulfonamides is 1. The van der Waals surface area contributed by atoms with E-state index in [1.54, 1.807) is 0 Å². The van der Waals surface area contributed by atoms with E-state index in [1.807, 2.05) is 11.9 Å². The number of benzene rings is 1. The molecule has 0 aromatic heterocycles. The summed E-state index contributed by atoms with van der Waals surface area (Å²) in [5, 5.41) is 2.89. The van der Waals surface area contributed by atoms with Crippen LogP contribution in [0.2, 0.25) is 5.02 Å². The van der Waals surface area contributed by atoms with Crippen molar-refractivity contribution in [3.05, 3.63) is 29.0 Å². The van der Waals surface area contributed by atoms with Crippen molar-refractivity contribution in [3.63, 3.8) is 0 Å². The zero-order valence-corrected chi connectivity index (χ0v) is 13.0. The van der Waals surface area contributed by atoms with Crippen LogP contribution in [0.1, 0.15) is 0 Å². The molecule has 1 aliphatic heterocycles. The molecular formula is C12H16ClFN4O2S. The van der Waals surface area contributed by atoms with Gasteiger partial charge in [0.25, 0.3) is 0 Å². The summed E-state index contributed by atoms with van der Waals surface area (Å²) in [5.74, 6) is 0.164. The first-order valence-corrected chi connectivity index (χ1v) is 8.20. The number of hydrogen-bond donors (Lipinski definition) is 2. The van der Waals surface area contributed by atoms with Crippen molar-refractivity contribution in [2.24, 2.45) is 4.99 Å². The molecule has 0 saturated carbocycles. The van der Waals surface area contributed by atoms with Gasteiger partial charge in [0.1, 0.15) is 10.7 Å². The second-order valence-corrected chi connectivity index (χ2v) is 6.67. The Bertz CT molecular complexity index is 651. The van der Waals surface area contributed by atoms with Crippen molar-refractivity contribution in [1.29, 1.82) is 0 Å². The maximum Gasteiger partial charge on any atom is 0.242 e. The summed E-state index contributed by atoms with van der Waals surface area (Å²) in [5.41, 5.74) is 0. The van der Waals surface area contributed by atoms with Crippen LogP contribution in [0.15, 0.2) is 28.1 Å². The summed E-state index contributed by atoms with van der Waals surface area (Å²) in [6, 6.07) is 3.17. The quantitative estimate of drug-likeness (QED) is 0.775. The van der Waals surface area contributed by atoms with Gasteiger partial charge in [-0.25, -0.2) is 17.5 Å². The minimum Gasteiger partial charge on any atom is -0.355 e. The molecule has 1 aliphatic rings. The third kappa shape index (κ3) is 4.05. The zero-order valence-electron chi connectivity index (χ0n) is 11.4. The summed E-state index contributed by atoms with van der Waals surface area (Å²) in [7, 11) is -1.86. The number of guanidine groups is 1. The van der Waals surface area contributed by atoms with E-state index in [0.717, 1.165) is 37.2 Å². The average Bonchev–Trinajstić information content (AvgIpc) is 2.80. The smallest absolute Gasteiger partial charge is 0.242 e. The Morgan fingerprint density at radius 2 is 2.19 bits per heavy atom. The third-order valence-electron chi connectivity index (χ3n) is 2.94. The summed E-state index contributed by atoms with van der Waals surface area (Å²) in [6.07, 6.45) is 0. The van der Waals surface area contributed by atoms with Crippen molar-refractivity contribution < 1.29 is 12.8 Å². The fourth-order valence-corrected chi connectivity index (χ4v) is 3.42. The van der Waals surface area contributed by atoms with Gasteiger partial charge >= 0.3 is 0 Å². The molecule has 0 aliphatic carbocycles. The van der Waals surface area contributed by atoms with E-state index in [0.29, 0.717) is 6.54 Å². The Balaban J connectivity index is 1.89. The molecule has 0 atom stereocenters. The average molecular weight is 335 g/mol. The monoisotopic (exact) mass is 334 g/mol. The van der Waals surface area contributed by atoms with Gasteiger partial charge in [-0.1, -0.05) is 11.6 Å². The van der Waals surface area contributed by atoms with Crippen LogP contribution in [0.5, 0.6) is 0 Å². The second-order valence-electron chi connectivity index (χ2n) is 4.53. The van der Waals surface area contributed by atoms with Crippen molar-refractivity contribution in [3.8, 4) is 0 Å². The van der Waals surface area contributed by atoms with Gasteiger partial charge in [-0.05, 0) is 18.2 Å². The van der Waals surface area contributed by atoms with Gasteiger partial charge in [0, 0.05) is 26.7 Å². The number of halogens is 2. The lowest BCUT2D eigenvalue weighted by molar-refractivity contribution is 0.533. The fourth-order valence-electron chi connectivity index (χ4n) is 1.85. The summed E-state index contributed by atoms with van der Waals surface area (Å²) < 4.78 is 39.4. The second kappa shape index (κ2) is 6.59. The Kier molecular flexibility index (Phi) is 5.02. The highest BCUT2D eigenvalue weighted by atomic mass is 35.5. The number of aliphatic imine (C=N–C) groups is 1. The van der Waals surface area contributed by atoms with Crippen LogP contribution < -0.4 is 10.0 Å². The van der Waals surface area contributed by atoms with Crippen LogP contribution in [0, 0.1) is 5.82 Å². The van der Waals surface area contributed by atoms with Crippen LogP contribution in [-0.2, 0) is 10.0 Å². The van der Waals surface area contributed by atoms with Gasteiger partial charge in [-0.2, -0.15) is 0 Å². The van der Waals surface area contributed by atoms with Crippen LogP contribution in [0.4, 0.5) is 4.39 Å². The van der Waals surface area contributed by atoms with Gasteiger partial charge < -0.3 is 10.2 Å². The zero-order chi connectivity index (χ0) is 15.5. The van der Waals surface area contributed by atoms with E-state index < -0.39 is 15.8 Å². The number of hydrogen-bond acceptors (Lipinski definition) is 5.